The zero-order chi connectivity index (χ0) is 11.5. The standard InChI is InChI=1S/C12H16N2OS/c1-4-13-7-11-9(3)14-12(16-11)10-6-5-8(2)15-10/h5-6,13H,4,7H2,1-3H3. The first-order valence-corrected chi connectivity index (χ1v) is 6.26. The third-order valence-electron chi connectivity index (χ3n) is 2.38. The average molecular weight is 236 g/mol. The molecule has 0 unspecified atom stereocenters. The lowest BCUT2D eigenvalue weighted by molar-refractivity contribution is 0.548. The van der Waals surface area contributed by atoms with Gasteiger partial charge in [0.05, 0.1) is 5.69 Å². The van der Waals surface area contributed by atoms with Gasteiger partial charge in [0, 0.05) is 11.4 Å². The summed E-state index contributed by atoms with van der Waals surface area (Å²) in [6.45, 7) is 7.96. The summed E-state index contributed by atoms with van der Waals surface area (Å²) >= 11 is 1.70. The van der Waals surface area contributed by atoms with Crippen LogP contribution in [0.2, 0.25) is 0 Å². The summed E-state index contributed by atoms with van der Waals surface area (Å²) in [6.07, 6.45) is 0. The Balaban J connectivity index is 2.23. The van der Waals surface area contributed by atoms with Gasteiger partial charge >= 0.3 is 0 Å². The molecule has 0 saturated carbocycles. The van der Waals surface area contributed by atoms with Crippen molar-refractivity contribution in [2.45, 2.75) is 27.3 Å². The fourth-order valence-electron chi connectivity index (χ4n) is 1.49. The van der Waals surface area contributed by atoms with E-state index in [1.807, 2.05) is 26.0 Å². The Kier molecular flexibility index (Phi) is 3.41. The molecule has 2 aromatic heterocycles. The molecule has 0 spiro atoms. The van der Waals surface area contributed by atoms with Crippen LogP contribution in [0.1, 0.15) is 23.3 Å². The predicted octanol–water partition coefficient (Wildman–Crippen LogP) is 3.13. The van der Waals surface area contributed by atoms with Crippen molar-refractivity contribution >= 4 is 11.3 Å². The van der Waals surface area contributed by atoms with Crippen molar-refractivity contribution in [1.29, 1.82) is 0 Å². The zero-order valence-corrected chi connectivity index (χ0v) is 10.6. The lowest BCUT2D eigenvalue weighted by atomic mass is 10.4. The van der Waals surface area contributed by atoms with Gasteiger partial charge in [0.25, 0.3) is 0 Å². The Labute approximate surface area is 99.5 Å². The summed E-state index contributed by atoms with van der Waals surface area (Å²) in [5, 5.41) is 4.29. The molecule has 0 bridgehead atoms. The molecule has 0 aliphatic heterocycles. The maximum Gasteiger partial charge on any atom is 0.162 e. The van der Waals surface area contributed by atoms with Gasteiger partial charge in [-0.25, -0.2) is 4.98 Å². The minimum Gasteiger partial charge on any atom is -0.459 e. The van der Waals surface area contributed by atoms with E-state index in [0.717, 1.165) is 35.3 Å². The first kappa shape index (κ1) is 11.4. The zero-order valence-electron chi connectivity index (χ0n) is 9.83. The van der Waals surface area contributed by atoms with Crippen LogP contribution in [-0.2, 0) is 6.54 Å². The molecule has 0 aromatic carbocycles. The number of nitrogens with zero attached hydrogens (tertiary/aromatic N) is 1. The number of hydrogen-bond donors (Lipinski definition) is 1. The molecule has 16 heavy (non-hydrogen) atoms. The Morgan fingerprint density at radius 3 is 2.81 bits per heavy atom. The second-order valence-corrected chi connectivity index (χ2v) is 4.80. The first-order valence-electron chi connectivity index (χ1n) is 5.44. The molecule has 0 aliphatic carbocycles. The van der Waals surface area contributed by atoms with Crippen molar-refractivity contribution in [3.8, 4) is 10.8 Å². The lowest BCUT2D eigenvalue weighted by Crippen LogP contribution is -2.11. The molecule has 4 heteroatoms. The predicted molar refractivity (Wildman–Crippen MR) is 66.7 cm³/mol. The van der Waals surface area contributed by atoms with Gasteiger partial charge in [-0.15, -0.1) is 11.3 Å². The van der Waals surface area contributed by atoms with Gasteiger partial charge in [0.1, 0.15) is 5.76 Å². The fourth-order valence-corrected chi connectivity index (χ4v) is 2.48. The number of hydrogen-bond acceptors (Lipinski definition) is 4. The number of aryl methyl sites for hydroxylation is 2. The second-order valence-electron chi connectivity index (χ2n) is 3.72. The third-order valence-corrected chi connectivity index (χ3v) is 3.55. The molecule has 2 heterocycles. The summed E-state index contributed by atoms with van der Waals surface area (Å²) in [7, 11) is 0. The number of aromatic nitrogens is 1. The van der Waals surface area contributed by atoms with Crippen molar-refractivity contribution in [3.63, 3.8) is 0 Å². The van der Waals surface area contributed by atoms with E-state index in [1.54, 1.807) is 11.3 Å². The van der Waals surface area contributed by atoms with Crippen molar-refractivity contribution in [2.75, 3.05) is 6.54 Å². The molecular weight excluding hydrogens is 220 g/mol. The highest BCUT2D eigenvalue weighted by atomic mass is 32.1. The van der Waals surface area contributed by atoms with Gasteiger partial charge in [0.15, 0.2) is 10.8 Å². The monoisotopic (exact) mass is 236 g/mol. The summed E-state index contributed by atoms with van der Waals surface area (Å²) in [5.74, 6) is 1.80. The first-order chi connectivity index (χ1) is 7.70. The number of rotatable bonds is 4. The molecule has 0 saturated heterocycles. The van der Waals surface area contributed by atoms with Crippen LogP contribution >= 0.6 is 11.3 Å². The molecule has 0 fully saturated rings. The highest BCUT2D eigenvalue weighted by Crippen LogP contribution is 2.29. The van der Waals surface area contributed by atoms with Crippen LogP contribution in [0.25, 0.3) is 10.8 Å². The van der Waals surface area contributed by atoms with Gasteiger partial charge < -0.3 is 9.73 Å². The average Bonchev–Trinajstić information content (AvgIpc) is 2.82. The fraction of sp³-hybridized carbons (Fsp3) is 0.417. The van der Waals surface area contributed by atoms with E-state index < -0.39 is 0 Å². The maximum absolute atomic E-state index is 5.57. The van der Waals surface area contributed by atoms with Crippen molar-refractivity contribution in [1.82, 2.24) is 10.3 Å². The highest BCUT2D eigenvalue weighted by Gasteiger charge is 2.11. The number of nitrogens with one attached hydrogen (secondary N) is 1. The van der Waals surface area contributed by atoms with Gasteiger partial charge in [-0.05, 0) is 32.5 Å². The smallest absolute Gasteiger partial charge is 0.162 e. The Hall–Kier alpha value is -1.13. The molecule has 2 rings (SSSR count). The molecule has 2 aromatic rings. The summed E-state index contributed by atoms with van der Waals surface area (Å²) in [6, 6.07) is 3.95. The topological polar surface area (TPSA) is 38.1 Å². The molecule has 0 aliphatic rings. The van der Waals surface area contributed by atoms with E-state index in [-0.39, 0.29) is 0 Å². The van der Waals surface area contributed by atoms with Crippen LogP contribution in [0.5, 0.6) is 0 Å². The number of thiazole rings is 1. The van der Waals surface area contributed by atoms with Crippen molar-refractivity contribution < 1.29 is 4.42 Å². The van der Waals surface area contributed by atoms with E-state index in [1.165, 1.54) is 4.88 Å². The maximum atomic E-state index is 5.57. The van der Waals surface area contributed by atoms with E-state index in [0.29, 0.717) is 0 Å². The quantitative estimate of drug-likeness (QED) is 0.886. The van der Waals surface area contributed by atoms with Crippen LogP contribution < -0.4 is 5.32 Å². The van der Waals surface area contributed by atoms with Gasteiger partial charge in [-0.3, -0.25) is 0 Å². The molecule has 0 radical (unpaired) electrons. The Bertz CT molecular complexity index is 473. The Morgan fingerprint density at radius 1 is 1.38 bits per heavy atom. The van der Waals surface area contributed by atoms with Gasteiger partial charge in [-0.2, -0.15) is 0 Å². The minimum atomic E-state index is 0.869. The molecule has 86 valence electrons. The second kappa shape index (κ2) is 4.80. The van der Waals surface area contributed by atoms with Crippen LogP contribution in [0.3, 0.4) is 0 Å². The van der Waals surface area contributed by atoms with Crippen LogP contribution in [0.15, 0.2) is 16.5 Å². The SMILES string of the molecule is CCNCc1sc(-c2ccc(C)o2)nc1C. The Morgan fingerprint density at radius 2 is 2.19 bits per heavy atom. The minimum absolute atomic E-state index is 0.869. The van der Waals surface area contributed by atoms with Crippen LogP contribution in [0.4, 0.5) is 0 Å². The molecule has 1 N–H and O–H groups in total. The van der Waals surface area contributed by atoms with E-state index in [2.05, 4.69) is 17.2 Å². The molecule has 0 amide bonds. The molecule has 3 nitrogen and oxygen atoms in total. The van der Waals surface area contributed by atoms with Gasteiger partial charge in [0.2, 0.25) is 0 Å². The van der Waals surface area contributed by atoms with Crippen LogP contribution in [0, 0.1) is 13.8 Å². The van der Waals surface area contributed by atoms with Gasteiger partial charge in [-0.1, -0.05) is 6.92 Å². The van der Waals surface area contributed by atoms with Crippen LogP contribution in [-0.4, -0.2) is 11.5 Å². The molecular formula is C12H16N2OS. The summed E-state index contributed by atoms with van der Waals surface area (Å²) in [5.41, 5.74) is 1.09. The van der Waals surface area contributed by atoms with E-state index >= 15 is 0 Å². The summed E-state index contributed by atoms with van der Waals surface area (Å²) < 4.78 is 5.57. The van der Waals surface area contributed by atoms with Crippen molar-refractivity contribution in [3.05, 3.63) is 28.5 Å². The normalized spacial score (nSPS) is 10.9. The third kappa shape index (κ3) is 2.33. The lowest BCUT2D eigenvalue weighted by Gasteiger charge is -1.97. The number of furan rings is 1. The molecule has 0 atom stereocenters. The summed E-state index contributed by atoms with van der Waals surface area (Å²) in [4.78, 5) is 5.82. The largest absolute Gasteiger partial charge is 0.459 e. The van der Waals surface area contributed by atoms with E-state index in [4.69, 9.17) is 4.42 Å². The van der Waals surface area contributed by atoms with E-state index in [9.17, 15) is 0 Å². The van der Waals surface area contributed by atoms with Crippen molar-refractivity contribution in [2.24, 2.45) is 0 Å². The highest BCUT2D eigenvalue weighted by molar-refractivity contribution is 7.15.